The zero-order chi connectivity index (χ0) is 23.2. The smallest absolute Gasteiger partial charge is 0.382 e. The second kappa shape index (κ2) is 8.33. The van der Waals surface area contributed by atoms with E-state index in [9.17, 15) is 13.2 Å². The Balaban J connectivity index is 1.40. The Labute approximate surface area is 192 Å². The van der Waals surface area contributed by atoms with E-state index in [-0.39, 0.29) is 17.6 Å². The SMILES string of the molecule is Cn1ncc2c(N[C@@H]3CCC[C@H](Nc4cc(C(F)(F)F)nc5ccc(Cl)cc45)C3)ncnc21. The standard InChI is InChI=1S/C22H21ClF3N7/c1-33-21-16(10-29-33)20(27-11-28-21)31-14-4-2-3-13(8-14)30-18-9-19(22(24,25)26)32-17-6-5-12(23)7-15(17)18/h5-7,9-11,13-14H,2-4,8H2,1H3,(H,30,32)(H,27,28,31)/t13-,14+/m0/s1. The molecule has 0 saturated heterocycles. The number of alkyl halides is 3. The fraction of sp³-hybridized carbons (Fsp3) is 0.364. The van der Waals surface area contributed by atoms with E-state index in [1.807, 2.05) is 7.05 Å². The second-order valence-electron chi connectivity index (χ2n) is 8.29. The van der Waals surface area contributed by atoms with Gasteiger partial charge in [0, 0.05) is 35.2 Å². The van der Waals surface area contributed by atoms with E-state index in [0.717, 1.165) is 42.8 Å². The van der Waals surface area contributed by atoms with E-state index in [2.05, 4.69) is 30.7 Å². The molecule has 7 nitrogen and oxygen atoms in total. The summed E-state index contributed by atoms with van der Waals surface area (Å²) in [6.45, 7) is 0. The van der Waals surface area contributed by atoms with Crippen LogP contribution in [0.3, 0.4) is 0 Å². The molecule has 0 aliphatic heterocycles. The van der Waals surface area contributed by atoms with Crippen molar-refractivity contribution in [2.24, 2.45) is 7.05 Å². The van der Waals surface area contributed by atoms with Crippen LogP contribution in [-0.2, 0) is 13.2 Å². The van der Waals surface area contributed by atoms with Crippen LogP contribution in [0.1, 0.15) is 31.4 Å². The quantitative estimate of drug-likeness (QED) is 0.410. The van der Waals surface area contributed by atoms with Gasteiger partial charge in [0.25, 0.3) is 0 Å². The van der Waals surface area contributed by atoms with Crippen LogP contribution in [0.25, 0.3) is 21.9 Å². The lowest BCUT2D eigenvalue weighted by Crippen LogP contribution is -2.34. The summed E-state index contributed by atoms with van der Waals surface area (Å²) in [7, 11) is 1.82. The third-order valence-corrected chi connectivity index (χ3v) is 6.20. The van der Waals surface area contributed by atoms with Gasteiger partial charge < -0.3 is 10.6 Å². The molecule has 0 radical (unpaired) electrons. The lowest BCUT2D eigenvalue weighted by atomic mass is 9.90. The van der Waals surface area contributed by atoms with Crippen LogP contribution in [0.15, 0.2) is 36.8 Å². The summed E-state index contributed by atoms with van der Waals surface area (Å²) in [5.74, 6) is 0.708. The number of anilines is 2. The second-order valence-corrected chi connectivity index (χ2v) is 8.73. The van der Waals surface area contributed by atoms with Gasteiger partial charge in [-0.05, 0) is 49.9 Å². The summed E-state index contributed by atoms with van der Waals surface area (Å²) >= 11 is 6.12. The zero-order valence-electron chi connectivity index (χ0n) is 17.7. The van der Waals surface area contributed by atoms with Gasteiger partial charge in [0.2, 0.25) is 0 Å². The minimum Gasteiger partial charge on any atom is -0.382 e. The molecule has 0 bridgehead atoms. The van der Waals surface area contributed by atoms with Crippen molar-refractivity contribution >= 4 is 45.0 Å². The van der Waals surface area contributed by atoms with Gasteiger partial charge in [0.15, 0.2) is 5.65 Å². The molecule has 1 aromatic carbocycles. The first-order valence-electron chi connectivity index (χ1n) is 10.6. The fourth-order valence-electron chi connectivity index (χ4n) is 4.40. The van der Waals surface area contributed by atoms with Gasteiger partial charge in [-0.25, -0.2) is 15.0 Å². The van der Waals surface area contributed by atoms with Crippen LogP contribution < -0.4 is 10.6 Å². The number of aromatic nitrogens is 5. The largest absolute Gasteiger partial charge is 0.433 e. The first-order chi connectivity index (χ1) is 15.8. The van der Waals surface area contributed by atoms with Gasteiger partial charge in [0.1, 0.15) is 17.8 Å². The first-order valence-corrected chi connectivity index (χ1v) is 11.0. The predicted octanol–water partition coefficient (Wildman–Crippen LogP) is 5.42. The van der Waals surface area contributed by atoms with Gasteiger partial charge in [-0.1, -0.05) is 11.6 Å². The molecule has 3 heterocycles. The average Bonchev–Trinajstić information content (AvgIpc) is 3.15. The van der Waals surface area contributed by atoms with Crippen LogP contribution in [0.4, 0.5) is 24.7 Å². The molecule has 4 aromatic rings. The van der Waals surface area contributed by atoms with E-state index in [4.69, 9.17) is 11.6 Å². The van der Waals surface area contributed by atoms with E-state index >= 15 is 0 Å². The number of aryl methyl sites for hydroxylation is 1. The van der Waals surface area contributed by atoms with Crippen LogP contribution in [0.2, 0.25) is 5.02 Å². The third-order valence-electron chi connectivity index (χ3n) is 5.97. The highest BCUT2D eigenvalue weighted by Gasteiger charge is 2.34. The number of hydrogen-bond acceptors (Lipinski definition) is 6. The van der Waals surface area contributed by atoms with Gasteiger partial charge >= 0.3 is 6.18 Å². The number of nitrogens with zero attached hydrogens (tertiary/aromatic N) is 5. The Morgan fingerprint density at radius 1 is 1.06 bits per heavy atom. The highest BCUT2D eigenvalue weighted by atomic mass is 35.5. The minimum absolute atomic E-state index is 0.0202. The van der Waals surface area contributed by atoms with Crippen molar-refractivity contribution in [3.05, 3.63) is 47.5 Å². The lowest BCUT2D eigenvalue weighted by Gasteiger charge is -2.31. The molecular weight excluding hydrogens is 455 g/mol. The van der Waals surface area contributed by atoms with Gasteiger partial charge in [-0.3, -0.25) is 4.68 Å². The Bertz CT molecular complexity index is 1320. The summed E-state index contributed by atoms with van der Waals surface area (Å²) < 4.78 is 42.0. The van der Waals surface area contributed by atoms with E-state index < -0.39 is 11.9 Å². The Kier molecular flexibility index (Phi) is 5.48. The van der Waals surface area contributed by atoms with Crippen molar-refractivity contribution in [3.8, 4) is 0 Å². The topological polar surface area (TPSA) is 80.5 Å². The van der Waals surface area contributed by atoms with E-state index in [0.29, 0.717) is 21.9 Å². The van der Waals surface area contributed by atoms with Crippen molar-refractivity contribution in [3.63, 3.8) is 0 Å². The molecule has 1 saturated carbocycles. The van der Waals surface area contributed by atoms with E-state index in [1.54, 1.807) is 23.0 Å². The van der Waals surface area contributed by atoms with Crippen LogP contribution in [0.5, 0.6) is 0 Å². The maximum absolute atomic E-state index is 13.4. The van der Waals surface area contributed by atoms with E-state index in [1.165, 1.54) is 12.4 Å². The predicted molar refractivity (Wildman–Crippen MR) is 121 cm³/mol. The molecule has 1 aliphatic carbocycles. The molecule has 1 fully saturated rings. The summed E-state index contributed by atoms with van der Waals surface area (Å²) in [6.07, 6.45) is 2.10. The average molecular weight is 476 g/mol. The van der Waals surface area contributed by atoms with Crippen LogP contribution in [-0.4, -0.2) is 36.8 Å². The Morgan fingerprint density at radius 2 is 1.85 bits per heavy atom. The Morgan fingerprint density at radius 3 is 2.64 bits per heavy atom. The molecule has 2 atom stereocenters. The molecule has 3 aromatic heterocycles. The number of rotatable bonds is 4. The molecule has 0 unspecified atom stereocenters. The Hall–Kier alpha value is -3.14. The summed E-state index contributed by atoms with van der Waals surface area (Å²) in [5.41, 5.74) is 0.447. The van der Waals surface area contributed by atoms with Crippen molar-refractivity contribution in [1.29, 1.82) is 0 Å². The first kappa shape index (κ1) is 21.7. The molecule has 5 rings (SSSR count). The number of pyridine rings is 1. The molecule has 172 valence electrons. The number of nitrogens with one attached hydrogen (secondary N) is 2. The van der Waals surface area contributed by atoms with Crippen molar-refractivity contribution in [1.82, 2.24) is 24.7 Å². The zero-order valence-corrected chi connectivity index (χ0v) is 18.5. The molecule has 2 N–H and O–H groups in total. The van der Waals surface area contributed by atoms with Crippen molar-refractivity contribution < 1.29 is 13.2 Å². The molecule has 0 amide bonds. The molecular formula is C22H21ClF3N7. The summed E-state index contributed by atoms with van der Waals surface area (Å²) in [6, 6.07) is 5.85. The minimum atomic E-state index is -4.54. The van der Waals surface area contributed by atoms with Crippen LogP contribution >= 0.6 is 11.6 Å². The third kappa shape index (κ3) is 4.39. The maximum Gasteiger partial charge on any atom is 0.433 e. The van der Waals surface area contributed by atoms with Crippen molar-refractivity contribution in [2.75, 3.05) is 10.6 Å². The number of halogens is 4. The van der Waals surface area contributed by atoms with Gasteiger partial charge in [-0.2, -0.15) is 18.3 Å². The van der Waals surface area contributed by atoms with Crippen LogP contribution in [0, 0.1) is 0 Å². The molecule has 0 spiro atoms. The maximum atomic E-state index is 13.4. The highest BCUT2D eigenvalue weighted by molar-refractivity contribution is 6.31. The molecule has 33 heavy (non-hydrogen) atoms. The summed E-state index contributed by atoms with van der Waals surface area (Å²) in [4.78, 5) is 12.4. The highest BCUT2D eigenvalue weighted by Crippen LogP contribution is 2.35. The molecule has 1 aliphatic rings. The number of benzene rings is 1. The van der Waals surface area contributed by atoms with Gasteiger partial charge in [-0.15, -0.1) is 0 Å². The summed E-state index contributed by atoms with van der Waals surface area (Å²) in [5, 5.41) is 12.9. The number of fused-ring (bicyclic) bond motifs is 2. The molecule has 11 heteroatoms. The number of hydrogen-bond donors (Lipinski definition) is 2. The fourth-order valence-corrected chi connectivity index (χ4v) is 4.58. The lowest BCUT2D eigenvalue weighted by molar-refractivity contribution is -0.140. The van der Waals surface area contributed by atoms with Crippen molar-refractivity contribution in [2.45, 2.75) is 43.9 Å². The monoisotopic (exact) mass is 475 g/mol. The van der Waals surface area contributed by atoms with Gasteiger partial charge in [0.05, 0.1) is 17.1 Å². The normalized spacial score (nSPS) is 19.2.